The van der Waals surface area contributed by atoms with Crippen LogP contribution in [0.1, 0.15) is 88.7 Å². The average Bonchev–Trinajstić information content (AvgIpc) is 3.54. The van der Waals surface area contributed by atoms with E-state index in [2.05, 4.69) is 10.2 Å². The number of ketones is 1. The van der Waals surface area contributed by atoms with E-state index in [9.17, 15) is 14.7 Å². The third kappa shape index (κ3) is 7.15. The molecule has 0 aromatic heterocycles. The number of Topliss-reactive ketones (excluding diaryl/α,β-unsaturated/α-hetero) is 1. The minimum atomic E-state index is -0.855. The van der Waals surface area contributed by atoms with Gasteiger partial charge in [-0.25, -0.2) is 0 Å². The van der Waals surface area contributed by atoms with Crippen molar-refractivity contribution in [2.24, 2.45) is 0 Å². The zero-order chi connectivity index (χ0) is 27.2. The van der Waals surface area contributed by atoms with Crippen LogP contribution in [0.3, 0.4) is 0 Å². The summed E-state index contributed by atoms with van der Waals surface area (Å²) in [6.45, 7) is 1.63. The van der Waals surface area contributed by atoms with Gasteiger partial charge < -0.3 is 24.6 Å². The van der Waals surface area contributed by atoms with Gasteiger partial charge in [0.25, 0.3) is 0 Å². The highest BCUT2D eigenvalue weighted by Gasteiger charge is 2.41. The van der Waals surface area contributed by atoms with Crippen LogP contribution in [0.25, 0.3) is 0 Å². The van der Waals surface area contributed by atoms with Crippen molar-refractivity contribution in [2.45, 2.75) is 89.4 Å². The van der Waals surface area contributed by atoms with Crippen LogP contribution in [0.2, 0.25) is 0 Å². The van der Waals surface area contributed by atoms with Crippen molar-refractivity contribution in [2.75, 3.05) is 26.9 Å². The highest BCUT2D eigenvalue weighted by atomic mass is 16.6. The van der Waals surface area contributed by atoms with Crippen molar-refractivity contribution < 1.29 is 30.3 Å². The lowest BCUT2D eigenvalue weighted by Crippen LogP contribution is -2.48. The number of unbranched alkanes of at least 4 members (excludes halogenated alkanes) is 2. The summed E-state index contributed by atoms with van der Waals surface area (Å²) in [5.74, 6) is 2.08. The molecule has 0 radical (unpaired) electrons. The molecule has 0 aliphatic carbocycles. The number of nitrogens with zero attached hydrogens (tertiary/aromatic N) is 1. The van der Waals surface area contributed by atoms with Crippen molar-refractivity contribution in [3.05, 3.63) is 53.6 Å². The van der Waals surface area contributed by atoms with E-state index in [-0.39, 0.29) is 20.5 Å². The Bertz CT molecular complexity index is 1120. The summed E-state index contributed by atoms with van der Waals surface area (Å²) in [5, 5.41) is 14.6. The summed E-state index contributed by atoms with van der Waals surface area (Å²) in [6, 6.07) is 13.4. The van der Waals surface area contributed by atoms with E-state index in [1.54, 1.807) is 31.4 Å². The summed E-state index contributed by atoms with van der Waals surface area (Å²) < 4.78 is 16.5. The molecule has 2 N–H and O–H groups in total. The largest absolute Gasteiger partial charge is 0.497 e. The Labute approximate surface area is 239 Å². The first-order chi connectivity index (χ1) is 19.0. The van der Waals surface area contributed by atoms with Crippen LogP contribution in [0.15, 0.2) is 42.5 Å². The number of carbonyl (C=O) groups is 2. The molecule has 2 fully saturated rings. The van der Waals surface area contributed by atoms with Crippen LogP contribution in [-0.4, -0.2) is 66.7 Å². The number of hydrogen-bond donors (Lipinski definition) is 2. The molecule has 220 valence electrons. The van der Waals surface area contributed by atoms with Crippen molar-refractivity contribution in [1.82, 2.24) is 10.2 Å². The predicted molar refractivity (Wildman–Crippen MR) is 156 cm³/mol. The number of aliphatic hydroxyl groups is 1. The molecular weight excluding hydrogens is 508 g/mol. The molecule has 3 aliphatic rings. The molecule has 0 unspecified atom stereocenters. The van der Waals surface area contributed by atoms with Gasteiger partial charge in [0, 0.05) is 38.5 Å². The van der Waals surface area contributed by atoms with E-state index >= 15 is 0 Å². The van der Waals surface area contributed by atoms with E-state index in [1.807, 2.05) is 18.2 Å². The molecule has 1 amide bonds. The molecule has 2 bridgehead atoms. The zero-order valence-corrected chi connectivity index (χ0v) is 22.8. The van der Waals surface area contributed by atoms with Gasteiger partial charge in [0.2, 0.25) is 5.91 Å². The van der Waals surface area contributed by atoms with E-state index < -0.39 is 12.1 Å². The fourth-order valence-corrected chi connectivity index (χ4v) is 6.19. The number of benzene rings is 2. The topological polar surface area (TPSA) is 97.3 Å². The Morgan fingerprint density at radius 1 is 0.975 bits per heavy atom. The van der Waals surface area contributed by atoms with Crippen LogP contribution in [0, 0.1) is 0 Å². The van der Waals surface area contributed by atoms with Crippen molar-refractivity contribution in [3.8, 4) is 17.2 Å². The van der Waals surface area contributed by atoms with E-state index in [0.717, 1.165) is 18.6 Å². The van der Waals surface area contributed by atoms with Crippen molar-refractivity contribution >= 4 is 11.7 Å². The lowest BCUT2D eigenvalue weighted by Gasteiger charge is -2.32. The number of carbonyl (C=O) groups excluding carboxylic acids is 2. The molecule has 8 heteroatoms. The molecule has 3 heterocycles. The molecule has 40 heavy (non-hydrogen) atoms. The predicted octanol–water partition coefficient (Wildman–Crippen LogP) is 5.33. The number of ether oxygens (including phenoxy) is 3. The summed E-state index contributed by atoms with van der Waals surface area (Å²) in [4.78, 5) is 27.9. The van der Waals surface area contributed by atoms with Crippen LogP contribution in [-0.2, 0) is 4.79 Å². The minimum Gasteiger partial charge on any atom is -0.497 e. The maximum absolute atomic E-state index is 13.0. The molecule has 5 rings (SSSR count). The van der Waals surface area contributed by atoms with Gasteiger partial charge in [-0.2, -0.15) is 0 Å². The SMILES string of the molecule is C.COc1ccc(C(=O)CCCCCC(=O)N[C@H](CN2C3CCC2CC3)[C@H](O)c2ccc3c(c2)OCCO3)cc1.[HH]. The number of hydrogen-bond acceptors (Lipinski definition) is 7. The maximum Gasteiger partial charge on any atom is 0.220 e. The smallest absolute Gasteiger partial charge is 0.220 e. The van der Waals surface area contributed by atoms with Gasteiger partial charge in [-0.1, -0.05) is 19.9 Å². The van der Waals surface area contributed by atoms with Crippen LogP contribution in [0.4, 0.5) is 0 Å². The fourth-order valence-electron chi connectivity index (χ4n) is 6.19. The van der Waals surface area contributed by atoms with Gasteiger partial charge in [-0.3, -0.25) is 14.5 Å². The second kappa shape index (κ2) is 14.0. The number of amides is 1. The molecule has 2 atom stereocenters. The molecule has 2 aromatic carbocycles. The van der Waals surface area contributed by atoms with Gasteiger partial charge in [0.15, 0.2) is 17.3 Å². The standard InChI is InChI=1S/C31H40N2O6.CH4.H2/c1-37-25-14-7-21(8-15-25)27(34)5-3-2-4-6-30(35)32-26(20-33-23-10-11-24(33)13-12-23)31(36)22-9-16-28-29(19-22)39-18-17-38-28;;/h7-9,14-16,19,23-24,26,31,36H,2-6,10-13,17-18,20H2,1H3,(H,32,35);1H4;1H/t23?,24?,26-,31-;;/m1../s1. The van der Waals surface area contributed by atoms with Gasteiger partial charge in [0.05, 0.1) is 13.2 Å². The molecule has 0 saturated carbocycles. The van der Waals surface area contributed by atoms with Gasteiger partial charge >= 0.3 is 0 Å². The fraction of sp³-hybridized carbons (Fsp3) is 0.562. The van der Waals surface area contributed by atoms with Gasteiger partial charge in [-0.05, 0) is 80.5 Å². The Kier molecular flexibility index (Phi) is 10.5. The lowest BCUT2D eigenvalue weighted by atomic mass is 10.00. The first-order valence-corrected chi connectivity index (χ1v) is 14.3. The van der Waals surface area contributed by atoms with Crippen LogP contribution >= 0.6 is 0 Å². The maximum atomic E-state index is 13.0. The summed E-state index contributed by atoms with van der Waals surface area (Å²) in [7, 11) is 1.60. The molecule has 8 nitrogen and oxygen atoms in total. The number of fused-ring (bicyclic) bond motifs is 3. The van der Waals surface area contributed by atoms with E-state index in [1.165, 1.54) is 25.7 Å². The van der Waals surface area contributed by atoms with Crippen molar-refractivity contribution in [1.29, 1.82) is 0 Å². The molecule has 2 aromatic rings. The molecule has 3 aliphatic heterocycles. The Morgan fingerprint density at radius 2 is 1.62 bits per heavy atom. The summed E-state index contributed by atoms with van der Waals surface area (Å²) in [6.07, 6.45) is 6.98. The van der Waals surface area contributed by atoms with Crippen molar-refractivity contribution in [3.63, 3.8) is 0 Å². The summed E-state index contributed by atoms with van der Waals surface area (Å²) >= 11 is 0. The second-order valence-electron chi connectivity index (χ2n) is 10.9. The monoisotopic (exact) mass is 554 g/mol. The first-order valence-electron chi connectivity index (χ1n) is 14.3. The van der Waals surface area contributed by atoms with E-state index in [0.29, 0.717) is 73.7 Å². The highest BCUT2D eigenvalue weighted by molar-refractivity contribution is 5.96. The Hall–Kier alpha value is -3.10. The quantitative estimate of drug-likeness (QED) is 0.255. The Balaban J connectivity index is 0.00000231. The van der Waals surface area contributed by atoms with Crippen LogP contribution < -0.4 is 19.5 Å². The third-order valence-corrected chi connectivity index (χ3v) is 8.37. The van der Waals surface area contributed by atoms with Gasteiger partial charge in [-0.15, -0.1) is 0 Å². The van der Waals surface area contributed by atoms with Gasteiger partial charge in [0.1, 0.15) is 25.1 Å². The Morgan fingerprint density at radius 3 is 2.30 bits per heavy atom. The first kappa shape index (κ1) is 29.9. The normalized spacial score (nSPS) is 20.9. The average molecular weight is 555 g/mol. The summed E-state index contributed by atoms with van der Waals surface area (Å²) in [5.41, 5.74) is 1.40. The van der Waals surface area contributed by atoms with E-state index in [4.69, 9.17) is 14.2 Å². The number of methoxy groups -OCH3 is 1. The molecule has 2 saturated heterocycles. The number of nitrogens with one attached hydrogen (secondary N) is 1. The second-order valence-corrected chi connectivity index (χ2v) is 10.9. The van der Waals surface area contributed by atoms with Crippen LogP contribution in [0.5, 0.6) is 17.2 Å². The zero-order valence-electron chi connectivity index (χ0n) is 22.8. The number of rotatable bonds is 13. The third-order valence-electron chi connectivity index (χ3n) is 8.37. The highest BCUT2D eigenvalue weighted by Crippen LogP contribution is 2.39. The minimum absolute atomic E-state index is 0. The molecule has 0 spiro atoms. The molecular formula is C32H46N2O6. The number of aliphatic hydroxyl groups excluding tert-OH is 1. The lowest BCUT2D eigenvalue weighted by molar-refractivity contribution is -0.123.